The zero-order chi connectivity index (χ0) is 11.0. The Balaban J connectivity index is 1.51. The third-order valence-corrected chi connectivity index (χ3v) is 6.51. The van der Waals surface area contributed by atoms with Gasteiger partial charge in [-0.3, -0.25) is 0 Å². The predicted octanol–water partition coefficient (Wildman–Crippen LogP) is 4.29. The van der Waals surface area contributed by atoms with Crippen molar-refractivity contribution >= 4 is 15.9 Å². The Morgan fingerprint density at radius 1 is 1.06 bits per heavy atom. The van der Waals surface area contributed by atoms with Gasteiger partial charge in [-0.25, -0.2) is 0 Å². The van der Waals surface area contributed by atoms with E-state index in [0.717, 1.165) is 17.4 Å². The molecule has 0 bridgehead atoms. The fourth-order valence-corrected chi connectivity index (χ4v) is 5.12. The Morgan fingerprint density at radius 3 is 2.38 bits per heavy atom. The van der Waals surface area contributed by atoms with Crippen molar-refractivity contribution in [1.82, 2.24) is 0 Å². The second kappa shape index (κ2) is 4.61. The molecule has 0 aromatic rings. The first-order valence-corrected chi connectivity index (χ1v) is 7.98. The highest BCUT2D eigenvalue weighted by Gasteiger charge is 2.55. The molecule has 3 aliphatic carbocycles. The molecule has 2 atom stereocenters. The quantitative estimate of drug-likeness (QED) is 0.704. The standard InChI is InChI=1S/C14H23BrO/c15-12-9-13(14(12)7-3-4-8-14)16-10-11-5-1-2-6-11/h11-13H,1-10H2. The lowest BCUT2D eigenvalue weighted by Gasteiger charge is -2.51. The first-order valence-electron chi connectivity index (χ1n) is 7.07. The molecule has 1 nitrogen and oxygen atoms in total. The third-order valence-electron chi connectivity index (χ3n) is 5.23. The van der Waals surface area contributed by atoms with Crippen molar-refractivity contribution < 1.29 is 4.74 Å². The largest absolute Gasteiger partial charge is 0.377 e. The molecule has 0 aromatic heterocycles. The van der Waals surface area contributed by atoms with Crippen LogP contribution in [0.4, 0.5) is 0 Å². The van der Waals surface area contributed by atoms with E-state index in [9.17, 15) is 0 Å². The molecule has 3 aliphatic rings. The summed E-state index contributed by atoms with van der Waals surface area (Å²) in [7, 11) is 0. The monoisotopic (exact) mass is 286 g/mol. The summed E-state index contributed by atoms with van der Waals surface area (Å²) in [6, 6.07) is 0. The maximum absolute atomic E-state index is 6.24. The molecule has 3 saturated carbocycles. The highest BCUT2D eigenvalue weighted by molar-refractivity contribution is 9.09. The zero-order valence-electron chi connectivity index (χ0n) is 10.1. The minimum absolute atomic E-state index is 0.540. The Labute approximate surface area is 107 Å². The summed E-state index contributed by atoms with van der Waals surface area (Å²) in [5.74, 6) is 0.882. The van der Waals surface area contributed by atoms with Crippen LogP contribution in [-0.2, 0) is 4.74 Å². The number of halogens is 1. The molecule has 2 unspecified atom stereocenters. The molecule has 1 spiro atoms. The van der Waals surface area contributed by atoms with Crippen LogP contribution in [0.1, 0.15) is 57.8 Å². The van der Waals surface area contributed by atoms with Crippen LogP contribution in [0.25, 0.3) is 0 Å². The molecular formula is C14H23BrO. The van der Waals surface area contributed by atoms with Crippen LogP contribution in [0.3, 0.4) is 0 Å². The van der Waals surface area contributed by atoms with E-state index in [0.29, 0.717) is 11.5 Å². The molecule has 16 heavy (non-hydrogen) atoms. The number of alkyl halides is 1. The smallest absolute Gasteiger partial charge is 0.0653 e. The number of rotatable bonds is 3. The van der Waals surface area contributed by atoms with Gasteiger partial charge in [-0.05, 0) is 38.0 Å². The van der Waals surface area contributed by atoms with E-state index in [4.69, 9.17) is 4.74 Å². The Kier molecular flexibility index (Phi) is 3.32. The van der Waals surface area contributed by atoms with Gasteiger partial charge < -0.3 is 4.74 Å². The second-order valence-corrected chi connectivity index (χ2v) is 7.22. The Morgan fingerprint density at radius 2 is 1.75 bits per heavy atom. The lowest BCUT2D eigenvalue weighted by molar-refractivity contribution is -0.109. The molecule has 0 radical (unpaired) electrons. The van der Waals surface area contributed by atoms with E-state index >= 15 is 0 Å². The number of hydrogen-bond acceptors (Lipinski definition) is 1. The summed E-state index contributed by atoms with van der Waals surface area (Å²) in [6.45, 7) is 1.05. The molecule has 0 N–H and O–H groups in total. The van der Waals surface area contributed by atoms with E-state index in [1.165, 1.54) is 57.8 Å². The van der Waals surface area contributed by atoms with E-state index < -0.39 is 0 Å². The van der Waals surface area contributed by atoms with Gasteiger partial charge in [0.05, 0.1) is 6.10 Å². The summed E-state index contributed by atoms with van der Waals surface area (Å²) >= 11 is 3.86. The van der Waals surface area contributed by atoms with Crippen LogP contribution in [0.2, 0.25) is 0 Å². The van der Waals surface area contributed by atoms with Crippen LogP contribution in [0.15, 0.2) is 0 Å². The lowest BCUT2D eigenvalue weighted by atomic mass is 9.64. The van der Waals surface area contributed by atoms with Crippen molar-refractivity contribution in [2.45, 2.75) is 68.7 Å². The van der Waals surface area contributed by atoms with Crippen LogP contribution in [-0.4, -0.2) is 17.5 Å². The van der Waals surface area contributed by atoms with E-state index in [2.05, 4.69) is 15.9 Å². The second-order valence-electron chi connectivity index (χ2n) is 6.12. The van der Waals surface area contributed by atoms with Crippen molar-refractivity contribution in [3.05, 3.63) is 0 Å². The minimum atomic E-state index is 0.540. The molecule has 0 heterocycles. The molecular weight excluding hydrogens is 264 g/mol. The van der Waals surface area contributed by atoms with Gasteiger partial charge in [0.2, 0.25) is 0 Å². The molecule has 92 valence electrons. The predicted molar refractivity (Wildman–Crippen MR) is 69.9 cm³/mol. The van der Waals surface area contributed by atoms with Crippen molar-refractivity contribution in [2.75, 3.05) is 6.61 Å². The molecule has 3 rings (SSSR count). The molecule has 0 aliphatic heterocycles. The summed E-state index contributed by atoms with van der Waals surface area (Å²) in [5, 5.41) is 0. The molecule has 0 aromatic carbocycles. The average Bonchev–Trinajstić information content (AvgIpc) is 2.95. The van der Waals surface area contributed by atoms with Gasteiger partial charge in [0.25, 0.3) is 0 Å². The molecule has 0 saturated heterocycles. The third kappa shape index (κ3) is 1.86. The van der Waals surface area contributed by atoms with Gasteiger partial charge in [-0.2, -0.15) is 0 Å². The molecule has 0 amide bonds. The van der Waals surface area contributed by atoms with Crippen molar-refractivity contribution in [2.24, 2.45) is 11.3 Å². The fraction of sp³-hybridized carbons (Fsp3) is 1.00. The zero-order valence-corrected chi connectivity index (χ0v) is 11.7. The van der Waals surface area contributed by atoms with E-state index in [1.807, 2.05) is 0 Å². The Hall–Kier alpha value is 0.440. The molecule has 2 heteroatoms. The van der Waals surface area contributed by atoms with Gasteiger partial charge >= 0.3 is 0 Å². The molecule has 3 fully saturated rings. The first kappa shape index (κ1) is 11.5. The summed E-state index contributed by atoms with van der Waals surface area (Å²) in [5.41, 5.74) is 0.540. The summed E-state index contributed by atoms with van der Waals surface area (Å²) < 4.78 is 6.24. The van der Waals surface area contributed by atoms with Gasteiger partial charge in [-0.1, -0.05) is 41.6 Å². The van der Waals surface area contributed by atoms with Gasteiger partial charge in [0, 0.05) is 16.8 Å². The topological polar surface area (TPSA) is 9.23 Å². The first-order chi connectivity index (χ1) is 7.81. The van der Waals surface area contributed by atoms with Gasteiger partial charge in [0.15, 0.2) is 0 Å². The van der Waals surface area contributed by atoms with Crippen molar-refractivity contribution in [3.63, 3.8) is 0 Å². The van der Waals surface area contributed by atoms with Crippen molar-refractivity contribution in [1.29, 1.82) is 0 Å². The highest BCUT2D eigenvalue weighted by atomic mass is 79.9. The Bertz CT molecular complexity index is 241. The normalized spacial score (nSPS) is 38.1. The minimum Gasteiger partial charge on any atom is -0.377 e. The lowest BCUT2D eigenvalue weighted by Crippen LogP contribution is -2.54. The van der Waals surface area contributed by atoms with Crippen LogP contribution in [0, 0.1) is 11.3 Å². The van der Waals surface area contributed by atoms with Crippen LogP contribution in [0.5, 0.6) is 0 Å². The number of hydrogen-bond donors (Lipinski definition) is 0. The van der Waals surface area contributed by atoms with E-state index in [-0.39, 0.29) is 0 Å². The summed E-state index contributed by atoms with van der Waals surface area (Å²) in [4.78, 5) is 0.746. The van der Waals surface area contributed by atoms with E-state index in [1.54, 1.807) is 0 Å². The van der Waals surface area contributed by atoms with Gasteiger partial charge in [-0.15, -0.1) is 0 Å². The van der Waals surface area contributed by atoms with Crippen molar-refractivity contribution in [3.8, 4) is 0 Å². The van der Waals surface area contributed by atoms with Crippen LogP contribution < -0.4 is 0 Å². The average molecular weight is 287 g/mol. The number of ether oxygens (including phenoxy) is 1. The maximum Gasteiger partial charge on any atom is 0.0653 e. The maximum atomic E-state index is 6.24. The summed E-state index contributed by atoms with van der Waals surface area (Å²) in [6.07, 6.45) is 13.2. The SMILES string of the molecule is BrC1CC(OCC2CCCC2)C12CCCC2. The fourth-order valence-electron chi connectivity index (χ4n) is 4.03. The highest BCUT2D eigenvalue weighted by Crippen LogP contribution is 2.57. The van der Waals surface area contributed by atoms with Crippen LogP contribution >= 0.6 is 15.9 Å². The van der Waals surface area contributed by atoms with Gasteiger partial charge in [0.1, 0.15) is 0 Å².